The molecule has 0 saturated carbocycles. The highest BCUT2D eigenvalue weighted by Gasteiger charge is 2.32. The first kappa shape index (κ1) is 17.9. The Labute approximate surface area is 132 Å². The highest BCUT2D eigenvalue weighted by atomic mass is 16.2. The number of hydrogen-bond acceptors (Lipinski definition) is 3. The summed E-state index contributed by atoms with van der Waals surface area (Å²) in [5, 5.41) is 2.84. The van der Waals surface area contributed by atoms with E-state index in [-0.39, 0.29) is 11.8 Å². The number of nitrogens with zero attached hydrogens (tertiary/aromatic N) is 1. The lowest BCUT2D eigenvalue weighted by Gasteiger charge is -2.25. The van der Waals surface area contributed by atoms with Crippen LogP contribution in [0.1, 0.15) is 33.1 Å². The maximum atomic E-state index is 12.6. The number of carbonyl (C=O) groups excluding carboxylic acids is 2. The number of nitrogens with two attached hydrogens (primary N) is 1. The third-order valence-electron chi connectivity index (χ3n) is 3.46. The maximum Gasteiger partial charge on any atom is 0.228 e. The van der Waals surface area contributed by atoms with Gasteiger partial charge in [-0.25, -0.2) is 0 Å². The van der Waals surface area contributed by atoms with Crippen LogP contribution in [0.2, 0.25) is 0 Å². The van der Waals surface area contributed by atoms with Crippen molar-refractivity contribution in [3.8, 4) is 0 Å². The van der Waals surface area contributed by atoms with Gasteiger partial charge in [-0.3, -0.25) is 14.6 Å². The lowest BCUT2D eigenvalue weighted by molar-refractivity contribution is -0.133. The number of primary amides is 1. The summed E-state index contributed by atoms with van der Waals surface area (Å²) in [5.41, 5.74) is 6.10. The van der Waals surface area contributed by atoms with Crippen LogP contribution in [0.25, 0.3) is 0 Å². The molecule has 0 spiro atoms. The van der Waals surface area contributed by atoms with Crippen molar-refractivity contribution >= 4 is 18.0 Å². The Bertz CT molecular complexity index is 504. The van der Waals surface area contributed by atoms with Crippen LogP contribution in [-0.2, 0) is 9.59 Å². The molecule has 5 heteroatoms. The van der Waals surface area contributed by atoms with E-state index in [1.165, 1.54) is 0 Å². The van der Waals surface area contributed by atoms with Gasteiger partial charge in [0, 0.05) is 18.8 Å². The summed E-state index contributed by atoms with van der Waals surface area (Å²) in [6.45, 7) is 7.68. The molecule has 1 heterocycles. The summed E-state index contributed by atoms with van der Waals surface area (Å²) in [7, 11) is 0. The highest BCUT2D eigenvalue weighted by Crippen LogP contribution is 2.24. The van der Waals surface area contributed by atoms with Crippen molar-refractivity contribution in [2.75, 3.05) is 0 Å². The zero-order valence-electron chi connectivity index (χ0n) is 13.3. The van der Waals surface area contributed by atoms with Crippen LogP contribution in [0.15, 0.2) is 41.7 Å². The number of aliphatic imine (C=N–C) groups is 1. The van der Waals surface area contributed by atoms with Crippen molar-refractivity contribution in [2.24, 2.45) is 28.5 Å². The molecular weight excluding hydrogens is 278 g/mol. The van der Waals surface area contributed by atoms with E-state index in [9.17, 15) is 9.59 Å². The molecule has 0 aromatic carbocycles. The van der Waals surface area contributed by atoms with Gasteiger partial charge in [0.15, 0.2) is 0 Å². The molecule has 2 unspecified atom stereocenters. The third kappa shape index (κ3) is 5.68. The van der Waals surface area contributed by atoms with Gasteiger partial charge in [0.05, 0.1) is 17.5 Å². The summed E-state index contributed by atoms with van der Waals surface area (Å²) >= 11 is 0. The first-order chi connectivity index (χ1) is 10.5. The van der Waals surface area contributed by atoms with Crippen molar-refractivity contribution < 1.29 is 9.59 Å². The Morgan fingerprint density at radius 3 is 2.77 bits per heavy atom. The fourth-order valence-electron chi connectivity index (χ4n) is 2.42. The van der Waals surface area contributed by atoms with Gasteiger partial charge in [-0.05, 0) is 24.8 Å². The second-order valence-corrected chi connectivity index (χ2v) is 5.81. The SMILES string of the molecule is C=CCC(C(N)=O)C(CC(C)C)C(=O)NC1=CN=CCC=C1. The Hall–Kier alpha value is -2.17. The highest BCUT2D eigenvalue weighted by molar-refractivity contribution is 5.88. The second-order valence-electron chi connectivity index (χ2n) is 5.81. The van der Waals surface area contributed by atoms with E-state index in [0.29, 0.717) is 18.5 Å². The molecule has 0 fully saturated rings. The smallest absolute Gasteiger partial charge is 0.228 e. The van der Waals surface area contributed by atoms with Gasteiger partial charge in [-0.2, -0.15) is 0 Å². The van der Waals surface area contributed by atoms with Crippen molar-refractivity contribution in [1.82, 2.24) is 5.32 Å². The summed E-state index contributed by atoms with van der Waals surface area (Å²) in [6, 6.07) is 0. The Balaban J connectivity index is 2.91. The third-order valence-corrected chi connectivity index (χ3v) is 3.46. The van der Waals surface area contributed by atoms with Crippen LogP contribution in [0.5, 0.6) is 0 Å². The van der Waals surface area contributed by atoms with Gasteiger partial charge >= 0.3 is 0 Å². The molecule has 1 aliphatic heterocycles. The first-order valence-electron chi connectivity index (χ1n) is 7.55. The van der Waals surface area contributed by atoms with Crippen molar-refractivity contribution in [2.45, 2.75) is 33.1 Å². The summed E-state index contributed by atoms with van der Waals surface area (Å²) in [6.07, 6.45) is 10.4. The minimum Gasteiger partial charge on any atom is -0.369 e. The molecule has 0 aromatic heterocycles. The lowest BCUT2D eigenvalue weighted by atomic mass is 9.82. The van der Waals surface area contributed by atoms with Crippen LogP contribution in [0.3, 0.4) is 0 Å². The molecule has 1 rings (SSSR count). The number of allylic oxidation sites excluding steroid dienone is 3. The molecule has 2 atom stereocenters. The number of nitrogens with one attached hydrogen (secondary N) is 1. The van der Waals surface area contributed by atoms with E-state index in [1.54, 1.807) is 18.5 Å². The molecular formula is C17H25N3O2. The molecule has 2 amide bonds. The quantitative estimate of drug-likeness (QED) is 0.674. The molecule has 0 radical (unpaired) electrons. The molecule has 0 saturated heterocycles. The van der Waals surface area contributed by atoms with Crippen LogP contribution in [-0.4, -0.2) is 18.0 Å². The van der Waals surface area contributed by atoms with Crippen molar-refractivity contribution in [3.05, 3.63) is 36.7 Å². The van der Waals surface area contributed by atoms with Crippen LogP contribution in [0, 0.1) is 17.8 Å². The molecule has 22 heavy (non-hydrogen) atoms. The number of carbonyl (C=O) groups is 2. The van der Waals surface area contributed by atoms with Crippen LogP contribution >= 0.6 is 0 Å². The fourth-order valence-corrected chi connectivity index (χ4v) is 2.42. The zero-order valence-corrected chi connectivity index (χ0v) is 13.3. The number of amides is 2. The van der Waals surface area contributed by atoms with E-state index >= 15 is 0 Å². The number of rotatable bonds is 8. The Kier molecular flexibility index (Phi) is 7.29. The van der Waals surface area contributed by atoms with Crippen molar-refractivity contribution in [1.29, 1.82) is 0 Å². The summed E-state index contributed by atoms with van der Waals surface area (Å²) < 4.78 is 0. The van der Waals surface area contributed by atoms with Crippen LogP contribution in [0.4, 0.5) is 0 Å². The predicted octanol–water partition coefficient (Wildman–Crippen LogP) is 2.31. The molecule has 1 aliphatic rings. The van der Waals surface area contributed by atoms with Gasteiger partial charge < -0.3 is 11.1 Å². The standard InChI is InChI=1S/C17H25N3O2/c1-4-7-14(16(18)21)15(10-12(2)3)17(22)20-13-8-5-6-9-19-11-13/h4-5,8-9,11-12,14-15H,1,6-7,10H2,2-3H3,(H2,18,21)(H,20,22). The number of hydrogen-bond donors (Lipinski definition) is 2. The van der Waals surface area contributed by atoms with Crippen LogP contribution < -0.4 is 11.1 Å². The molecule has 0 bridgehead atoms. The van der Waals surface area contributed by atoms with Gasteiger partial charge in [0.1, 0.15) is 0 Å². The second kappa shape index (κ2) is 8.97. The van der Waals surface area contributed by atoms with E-state index in [2.05, 4.69) is 16.9 Å². The average Bonchev–Trinajstić information content (AvgIpc) is 2.70. The van der Waals surface area contributed by atoms with E-state index in [0.717, 1.165) is 6.42 Å². The Morgan fingerprint density at radius 2 is 2.18 bits per heavy atom. The molecule has 5 nitrogen and oxygen atoms in total. The lowest BCUT2D eigenvalue weighted by Crippen LogP contribution is -2.40. The average molecular weight is 303 g/mol. The van der Waals surface area contributed by atoms with Gasteiger partial charge in [0.25, 0.3) is 0 Å². The molecule has 120 valence electrons. The topological polar surface area (TPSA) is 84.5 Å². The molecule has 3 N–H and O–H groups in total. The zero-order chi connectivity index (χ0) is 16.5. The van der Waals surface area contributed by atoms with E-state index < -0.39 is 17.7 Å². The van der Waals surface area contributed by atoms with Gasteiger partial charge in [-0.1, -0.05) is 26.0 Å². The normalized spacial score (nSPS) is 16.6. The molecule has 0 aromatic rings. The monoisotopic (exact) mass is 303 g/mol. The molecule has 0 aliphatic carbocycles. The Morgan fingerprint density at radius 1 is 1.45 bits per heavy atom. The largest absolute Gasteiger partial charge is 0.369 e. The first-order valence-corrected chi connectivity index (χ1v) is 7.55. The van der Waals surface area contributed by atoms with E-state index in [4.69, 9.17) is 5.73 Å². The summed E-state index contributed by atoms with van der Waals surface area (Å²) in [4.78, 5) is 28.4. The fraction of sp³-hybridized carbons (Fsp3) is 0.471. The van der Waals surface area contributed by atoms with Gasteiger partial charge in [-0.15, -0.1) is 6.58 Å². The predicted molar refractivity (Wildman–Crippen MR) is 88.9 cm³/mol. The minimum absolute atomic E-state index is 0.202. The minimum atomic E-state index is -0.543. The van der Waals surface area contributed by atoms with Gasteiger partial charge in [0.2, 0.25) is 11.8 Å². The van der Waals surface area contributed by atoms with Crippen molar-refractivity contribution in [3.63, 3.8) is 0 Å². The van der Waals surface area contributed by atoms with E-state index in [1.807, 2.05) is 26.0 Å². The summed E-state index contributed by atoms with van der Waals surface area (Å²) in [5.74, 6) is -1.41. The maximum absolute atomic E-state index is 12.6.